The number of fused-ring (bicyclic) bond motifs is 1. The summed E-state index contributed by atoms with van der Waals surface area (Å²) >= 11 is 0. The molecule has 0 aromatic rings. The van der Waals surface area contributed by atoms with Crippen LogP contribution in [0, 0.1) is 23.7 Å². The standard InChI is InChI=1S/C14H22O4/c1-8-5-6-10-9(7-8)11(12(15)17-4)13(16)18-14(10,2)3/h8-11H,5-7H2,1-4H3/t8-,9-,10+,11+/m0/s1. The lowest BCUT2D eigenvalue weighted by atomic mass is 9.62. The van der Waals surface area contributed by atoms with E-state index >= 15 is 0 Å². The first-order chi connectivity index (χ1) is 8.36. The Hall–Kier alpha value is -1.06. The van der Waals surface area contributed by atoms with Gasteiger partial charge in [0.05, 0.1) is 7.11 Å². The molecule has 2 fully saturated rings. The number of hydrogen-bond donors (Lipinski definition) is 0. The highest BCUT2D eigenvalue weighted by atomic mass is 16.6. The molecule has 0 bridgehead atoms. The first-order valence-corrected chi connectivity index (χ1v) is 6.67. The zero-order valence-corrected chi connectivity index (χ0v) is 11.6. The van der Waals surface area contributed by atoms with Crippen molar-refractivity contribution in [1.29, 1.82) is 0 Å². The van der Waals surface area contributed by atoms with Gasteiger partial charge in [0.25, 0.3) is 0 Å². The molecule has 4 atom stereocenters. The molecule has 1 saturated carbocycles. The molecular formula is C14H22O4. The fraction of sp³-hybridized carbons (Fsp3) is 0.857. The van der Waals surface area contributed by atoms with Gasteiger partial charge in [-0.05, 0) is 38.5 Å². The van der Waals surface area contributed by atoms with Crippen molar-refractivity contribution in [2.75, 3.05) is 7.11 Å². The first-order valence-electron chi connectivity index (χ1n) is 6.67. The number of hydrogen-bond acceptors (Lipinski definition) is 4. The molecule has 1 saturated heterocycles. The van der Waals surface area contributed by atoms with E-state index in [4.69, 9.17) is 9.47 Å². The van der Waals surface area contributed by atoms with Crippen LogP contribution in [0.25, 0.3) is 0 Å². The van der Waals surface area contributed by atoms with E-state index in [0.29, 0.717) is 5.92 Å². The van der Waals surface area contributed by atoms with Gasteiger partial charge in [-0.25, -0.2) is 0 Å². The van der Waals surface area contributed by atoms with Gasteiger partial charge in [0.15, 0.2) is 5.92 Å². The van der Waals surface area contributed by atoms with Crippen LogP contribution in [0.15, 0.2) is 0 Å². The molecule has 4 nitrogen and oxygen atoms in total. The summed E-state index contributed by atoms with van der Waals surface area (Å²) < 4.78 is 10.2. The van der Waals surface area contributed by atoms with Gasteiger partial charge in [-0.1, -0.05) is 13.3 Å². The summed E-state index contributed by atoms with van der Waals surface area (Å²) in [6, 6.07) is 0. The van der Waals surface area contributed by atoms with Crippen LogP contribution < -0.4 is 0 Å². The Morgan fingerprint density at radius 3 is 2.67 bits per heavy atom. The quantitative estimate of drug-likeness (QED) is 0.531. The van der Waals surface area contributed by atoms with Crippen molar-refractivity contribution in [1.82, 2.24) is 0 Å². The van der Waals surface area contributed by atoms with Crippen LogP contribution in [0.2, 0.25) is 0 Å². The summed E-state index contributed by atoms with van der Waals surface area (Å²) in [6.07, 6.45) is 3.05. The molecular weight excluding hydrogens is 232 g/mol. The first kappa shape index (κ1) is 13.4. The van der Waals surface area contributed by atoms with Crippen molar-refractivity contribution in [3.63, 3.8) is 0 Å². The summed E-state index contributed by atoms with van der Waals surface area (Å²) in [5.41, 5.74) is -0.466. The maximum atomic E-state index is 12.0. The van der Waals surface area contributed by atoms with Crippen molar-refractivity contribution < 1.29 is 19.1 Å². The summed E-state index contributed by atoms with van der Waals surface area (Å²) in [6.45, 7) is 6.08. The lowest BCUT2D eigenvalue weighted by Gasteiger charge is -2.49. The van der Waals surface area contributed by atoms with E-state index in [1.165, 1.54) is 7.11 Å². The van der Waals surface area contributed by atoms with Crippen LogP contribution in [0.5, 0.6) is 0 Å². The van der Waals surface area contributed by atoms with Gasteiger partial charge >= 0.3 is 11.9 Å². The van der Waals surface area contributed by atoms with E-state index in [0.717, 1.165) is 19.3 Å². The van der Waals surface area contributed by atoms with Crippen LogP contribution in [0.1, 0.15) is 40.0 Å². The summed E-state index contributed by atoms with van der Waals surface area (Å²) in [5.74, 6) is -0.703. The lowest BCUT2D eigenvalue weighted by Crippen LogP contribution is -2.55. The number of cyclic esters (lactones) is 1. The van der Waals surface area contributed by atoms with E-state index in [1.54, 1.807) is 0 Å². The van der Waals surface area contributed by atoms with E-state index in [2.05, 4.69) is 6.92 Å². The average molecular weight is 254 g/mol. The molecule has 0 aromatic carbocycles. The highest BCUT2D eigenvalue weighted by molar-refractivity contribution is 5.96. The van der Waals surface area contributed by atoms with Gasteiger partial charge in [0.2, 0.25) is 0 Å². The largest absolute Gasteiger partial charge is 0.468 e. The number of ether oxygens (including phenoxy) is 2. The molecule has 1 heterocycles. The van der Waals surface area contributed by atoms with Crippen molar-refractivity contribution >= 4 is 11.9 Å². The molecule has 0 amide bonds. The molecule has 0 radical (unpaired) electrons. The van der Waals surface area contributed by atoms with Gasteiger partial charge in [0, 0.05) is 5.92 Å². The third-order valence-electron chi connectivity index (χ3n) is 4.56. The Labute approximate surface area is 108 Å². The highest BCUT2D eigenvalue weighted by Crippen LogP contribution is 2.48. The van der Waals surface area contributed by atoms with Gasteiger partial charge in [-0.15, -0.1) is 0 Å². The Bertz CT molecular complexity index is 361. The van der Waals surface area contributed by atoms with Crippen molar-refractivity contribution in [2.24, 2.45) is 23.7 Å². The van der Waals surface area contributed by atoms with Crippen molar-refractivity contribution in [3.05, 3.63) is 0 Å². The topological polar surface area (TPSA) is 52.6 Å². The molecule has 0 aromatic heterocycles. The zero-order valence-electron chi connectivity index (χ0n) is 11.6. The number of esters is 2. The number of carbonyl (C=O) groups excluding carboxylic acids is 2. The minimum absolute atomic E-state index is 0.0671. The van der Waals surface area contributed by atoms with Gasteiger partial charge in [-0.3, -0.25) is 9.59 Å². The maximum Gasteiger partial charge on any atom is 0.321 e. The molecule has 2 aliphatic rings. The second kappa shape index (κ2) is 4.56. The second-order valence-corrected chi connectivity index (χ2v) is 6.21. The van der Waals surface area contributed by atoms with Crippen LogP contribution in [-0.2, 0) is 19.1 Å². The number of carbonyl (C=O) groups is 2. The van der Waals surface area contributed by atoms with Gasteiger partial charge in [-0.2, -0.15) is 0 Å². The lowest BCUT2D eigenvalue weighted by molar-refractivity contribution is -0.199. The normalized spacial score (nSPS) is 38.6. The summed E-state index contributed by atoms with van der Waals surface area (Å²) in [4.78, 5) is 23.9. The monoisotopic (exact) mass is 254 g/mol. The molecule has 0 spiro atoms. The molecule has 2 rings (SSSR count). The van der Waals surface area contributed by atoms with Crippen molar-refractivity contribution in [2.45, 2.75) is 45.6 Å². The zero-order chi connectivity index (χ0) is 13.5. The molecule has 1 aliphatic carbocycles. The van der Waals surface area contributed by atoms with Crippen LogP contribution in [0.4, 0.5) is 0 Å². The van der Waals surface area contributed by atoms with E-state index in [-0.39, 0.29) is 11.8 Å². The molecule has 4 heteroatoms. The average Bonchev–Trinajstić information content (AvgIpc) is 2.26. The number of rotatable bonds is 1. The molecule has 0 unspecified atom stereocenters. The molecule has 1 aliphatic heterocycles. The third kappa shape index (κ3) is 2.13. The summed E-state index contributed by atoms with van der Waals surface area (Å²) in [7, 11) is 1.33. The highest BCUT2D eigenvalue weighted by Gasteiger charge is 2.54. The molecule has 102 valence electrons. The van der Waals surface area contributed by atoms with E-state index in [1.807, 2.05) is 13.8 Å². The predicted molar refractivity (Wildman–Crippen MR) is 65.7 cm³/mol. The Morgan fingerprint density at radius 1 is 1.39 bits per heavy atom. The molecule has 0 N–H and O–H groups in total. The SMILES string of the molecule is COC(=O)[C@@H]1C(=O)OC(C)(C)[C@@H]2CC[C@H](C)C[C@H]12. The maximum absolute atomic E-state index is 12.0. The van der Waals surface area contributed by atoms with E-state index < -0.39 is 23.5 Å². The summed E-state index contributed by atoms with van der Waals surface area (Å²) in [5, 5.41) is 0. The fourth-order valence-electron chi connectivity index (χ4n) is 3.63. The van der Waals surface area contributed by atoms with E-state index in [9.17, 15) is 9.59 Å². The van der Waals surface area contributed by atoms with Crippen LogP contribution >= 0.6 is 0 Å². The van der Waals surface area contributed by atoms with Gasteiger partial charge < -0.3 is 9.47 Å². The predicted octanol–water partition coefficient (Wildman–Crippen LogP) is 2.16. The molecule has 18 heavy (non-hydrogen) atoms. The third-order valence-corrected chi connectivity index (χ3v) is 4.56. The van der Waals surface area contributed by atoms with Crippen LogP contribution in [-0.4, -0.2) is 24.6 Å². The number of methoxy groups -OCH3 is 1. The van der Waals surface area contributed by atoms with Gasteiger partial charge in [0.1, 0.15) is 5.60 Å². The van der Waals surface area contributed by atoms with Crippen LogP contribution in [0.3, 0.4) is 0 Å². The Morgan fingerprint density at radius 2 is 2.06 bits per heavy atom. The Balaban J connectivity index is 2.31. The Kier molecular flexibility index (Phi) is 3.39. The minimum atomic E-state index is -0.726. The van der Waals surface area contributed by atoms with Crippen molar-refractivity contribution in [3.8, 4) is 0 Å². The second-order valence-electron chi connectivity index (χ2n) is 6.21. The minimum Gasteiger partial charge on any atom is -0.468 e. The smallest absolute Gasteiger partial charge is 0.321 e. The fourth-order valence-corrected chi connectivity index (χ4v) is 3.63.